The second-order valence-corrected chi connectivity index (χ2v) is 4.58. The normalized spacial score (nSPS) is 22.5. The Balaban J connectivity index is 1.87. The van der Waals surface area contributed by atoms with Crippen LogP contribution >= 0.6 is 0 Å². The summed E-state index contributed by atoms with van der Waals surface area (Å²) in [5.41, 5.74) is 1.76. The molecule has 1 aliphatic heterocycles. The van der Waals surface area contributed by atoms with Gasteiger partial charge in [0.05, 0.1) is 23.9 Å². The van der Waals surface area contributed by atoms with Crippen molar-refractivity contribution in [3.05, 3.63) is 48.3 Å². The number of rotatable bonds is 3. The maximum Gasteiger partial charge on any atom is 0.309 e. The van der Waals surface area contributed by atoms with Gasteiger partial charge in [0.1, 0.15) is 0 Å². The van der Waals surface area contributed by atoms with Crippen LogP contribution in [0.4, 0.5) is 0 Å². The van der Waals surface area contributed by atoms with Crippen LogP contribution in [0.5, 0.6) is 0 Å². The van der Waals surface area contributed by atoms with Crippen molar-refractivity contribution in [3.63, 3.8) is 0 Å². The lowest BCUT2D eigenvalue weighted by atomic mass is 9.98. The van der Waals surface area contributed by atoms with Crippen LogP contribution in [0.25, 0.3) is 5.69 Å². The Kier molecular flexibility index (Phi) is 3.05. The van der Waals surface area contributed by atoms with Crippen LogP contribution in [-0.2, 0) is 9.53 Å². The average Bonchev–Trinajstić information content (AvgIpc) is 3.08. The first-order valence-corrected chi connectivity index (χ1v) is 6.20. The lowest BCUT2D eigenvalue weighted by Crippen LogP contribution is -2.17. The van der Waals surface area contributed by atoms with Crippen LogP contribution in [0, 0.1) is 5.92 Å². The third-order valence-electron chi connectivity index (χ3n) is 3.36. The molecule has 2 atom stereocenters. The largest absolute Gasteiger partial charge is 0.481 e. The summed E-state index contributed by atoms with van der Waals surface area (Å²) in [7, 11) is 0. The van der Waals surface area contributed by atoms with E-state index in [0.29, 0.717) is 13.0 Å². The Morgan fingerprint density at radius 1 is 1.37 bits per heavy atom. The summed E-state index contributed by atoms with van der Waals surface area (Å²) < 4.78 is 7.26. The number of para-hydroxylation sites is 1. The van der Waals surface area contributed by atoms with E-state index in [1.165, 1.54) is 0 Å². The van der Waals surface area contributed by atoms with Crippen LogP contribution < -0.4 is 0 Å². The maximum absolute atomic E-state index is 11.2. The molecule has 3 rings (SSSR count). The Morgan fingerprint density at radius 3 is 2.89 bits per heavy atom. The van der Waals surface area contributed by atoms with Gasteiger partial charge in [-0.25, -0.2) is 4.68 Å². The van der Waals surface area contributed by atoms with E-state index in [2.05, 4.69) is 5.10 Å². The Hall–Kier alpha value is -2.14. The molecule has 1 saturated heterocycles. The molecule has 5 heteroatoms. The molecule has 0 spiro atoms. The molecule has 0 amide bonds. The number of hydrogen-bond donors (Lipinski definition) is 1. The average molecular weight is 258 g/mol. The van der Waals surface area contributed by atoms with Crippen molar-refractivity contribution in [1.29, 1.82) is 0 Å². The summed E-state index contributed by atoms with van der Waals surface area (Å²) in [4.78, 5) is 11.2. The molecule has 1 N–H and O–H groups in total. The van der Waals surface area contributed by atoms with Crippen molar-refractivity contribution < 1.29 is 14.6 Å². The Bertz CT molecular complexity index is 579. The number of nitrogens with zero attached hydrogens (tertiary/aromatic N) is 2. The first-order valence-electron chi connectivity index (χ1n) is 6.20. The van der Waals surface area contributed by atoms with Crippen molar-refractivity contribution in [1.82, 2.24) is 9.78 Å². The summed E-state index contributed by atoms with van der Waals surface area (Å²) in [6.07, 6.45) is 3.67. The van der Waals surface area contributed by atoms with Crippen molar-refractivity contribution in [2.24, 2.45) is 5.92 Å². The molecule has 0 bridgehead atoms. The highest BCUT2D eigenvalue weighted by Gasteiger charge is 2.35. The van der Waals surface area contributed by atoms with E-state index in [1.54, 1.807) is 10.9 Å². The molecule has 2 aromatic rings. The molecule has 0 saturated carbocycles. The zero-order valence-electron chi connectivity index (χ0n) is 10.3. The molecule has 5 nitrogen and oxygen atoms in total. The van der Waals surface area contributed by atoms with Gasteiger partial charge in [-0.15, -0.1) is 0 Å². The summed E-state index contributed by atoms with van der Waals surface area (Å²) in [6, 6.07) is 9.70. The molecule has 1 aromatic heterocycles. The van der Waals surface area contributed by atoms with E-state index in [4.69, 9.17) is 9.84 Å². The zero-order valence-corrected chi connectivity index (χ0v) is 10.3. The topological polar surface area (TPSA) is 64.3 Å². The molecule has 2 heterocycles. The molecule has 0 radical (unpaired) electrons. The van der Waals surface area contributed by atoms with Crippen LogP contribution in [0.3, 0.4) is 0 Å². The fourth-order valence-corrected chi connectivity index (χ4v) is 2.38. The summed E-state index contributed by atoms with van der Waals surface area (Å²) in [5, 5.41) is 13.4. The number of aromatic nitrogens is 2. The van der Waals surface area contributed by atoms with E-state index in [9.17, 15) is 4.79 Å². The maximum atomic E-state index is 11.2. The first-order chi connectivity index (χ1) is 9.25. The van der Waals surface area contributed by atoms with Gasteiger partial charge in [0, 0.05) is 18.4 Å². The smallest absolute Gasteiger partial charge is 0.309 e. The van der Waals surface area contributed by atoms with Gasteiger partial charge in [0.2, 0.25) is 0 Å². The minimum Gasteiger partial charge on any atom is -0.481 e. The molecule has 1 aromatic carbocycles. The zero-order chi connectivity index (χ0) is 13.2. The summed E-state index contributed by atoms with van der Waals surface area (Å²) >= 11 is 0. The van der Waals surface area contributed by atoms with Crippen molar-refractivity contribution in [3.8, 4) is 5.69 Å². The monoisotopic (exact) mass is 258 g/mol. The van der Waals surface area contributed by atoms with Crippen molar-refractivity contribution >= 4 is 5.97 Å². The number of ether oxygens (including phenoxy) is 1. The van der Waals surface area contributed by atoms with Crippen LogP contribution in [0.1, 0.15) is 18.1 Å². The SMILES string of the molecule is O=C(O)[C@H]1CCO[C@H]1c1cnn(-c2ccccc2)c1. The fraction of sp³-hybridized carbons (Fsp3) is 0.286. The quantitative estimate of drug-likeness (QED) is 0.915. The Labute approximate surface area is 110 Å². The second-order valence-electron chi connectivity index (χ2n) is 4.58. The van der Waals surface area contributed by atoms with E-state index in [-0.39, 0.29) is 0 Å². The van der Waals surface area contributed by atoms with Gasteiger partial charge >= 0.3 is 5.97 Å². The van der Waals surface area contributed by atoms with Crippen LogP contribution in [-0.4, -0.2) is 27.5 Å². The van der Waals surface area contributed by atoms with Gasteiger partial charge in [0.15, 0.2) is 0 Å². The van der Waals surface area contributed by atoms with Gasteiger partial charge in [-0.1, -0.05) is 18.2 Å². The lowest BCUT2D eigenvalue weighted by Gasteiger charge is -2.12. The standard InChI is InChI=1S/C14H14N2O3/c17-14(18)12-6-7-19-13(12)10-8-15-16(9-10)11-4-2-1-3-5-11/h1-5,8-9,12-13H,6-7H2,(H,17,18)/t12-,13-/m0/s1. The fourth-order valence-electron chi connectivity index (χ4n) is 2.38. The van der Waals surface area contributed by atoms with Gasteiger partial charge in [0.25, 0.3) is 0 Å². The van der Waals surface area contributed by atoms with Gasteiger partial charge < -0.3 is 9.84 Å². The van der Waals surface area contributed by atoms with Crippen molar-refractivity contribution in [2.45, 2.75) is 12.5 Å². The van der Waals surface area contributed by atoms with E-state index < -0.39 is 18.0 Å². The minimum absolute atomic E-state index is 0.394. The number of aliphatic carboxylic acids is 1. The highest BCUT2D eigenvalue weighted by atomic mass is 16.5. The highest BCUT2D eigenvalue weighted by Crippen LogP contribution is 2.34. The highest BCUT2D eigenvalue weighted by molar-refractivity contribution is 5.71. The molecule has 1 aliphatic rings. The van der Waals surface area contributed by atoms with Gasteiger partial charge in [-0.05, 0) is 18.6 Å². The summed E-state index contributed by atoms with van der Waals surface area (Å²) in [5.74, 6) is -1.29. The molecular weight excluding hydrogens is 244 g/mol. The third kappa shape index (κ3) is 2.24. The summed E-state index contributed by atoms with van der Waals surface area (Å²) in [6.45, 7) is 0.484. The third-order valence-corrected chi connectivity index (χ3v) is 3.36. The van der Waals surface area contributed by atoms with Crippen LogP contribution in [0.2, 0.25) is 0 Å². The number of benzene rings is 1. The molecule has 1 fully saturated rings. The van der Waals surface area contributed by atoms with Gasteiger partial charge in [-0.3, -0.25) is 4.79 Å². The predicted octanol–water partition coefficient (Wildman–Crippen LogP) is 2.03. The number of hydrogen-bond acceptors (Lipinski definition) is 3. The first kappa shape index (κ1) is 11.9. The number of carbonyl (C=O) groups is 1. The minimum atomic E-state index is -0.810. The Morgan fingerprint density at radius 2 is 2.16 bits per heavy atom. The van der Waals surface area contributed by atoms with E-state index in [1.807, 2.05) is 36.5 Å². The number of carboxylic acid groups (broad SMARTS) is 1. The molecule has 0 unspecified atom stereocenters. The molecular formula is C14H14N2O3. The van der Waals surface area contributed by atoms with E-state index in [0.717, 1.165) is 11.3 Å². The van der Waals surface area contributed by atoms with Gasteiger partial charge in [-0.2, -0.15) is 5.10 Å². The number of carboxylic acids is 1. The predicted molar refractivity (Wildman–Crippen MR) is 68.0 cm³/mol. The van der Waals surface area contributed by atoms with Crippen LogP contribution in [0.15, 0.2) is 42.7 Å². The lowest BCUT2D eigenvalue weighted by molar-refractivity contribution is -0.143. The molecule has 0 aliphatic carbocycles. The second kappa shape index (κ2) is 4.85. The molecule has 19 heavy (non-hydrogen) atoms. The van der Waals surface area contributed by atoms with Crippen molar-refractivity contribution in [2.75, 3.05) is 6.61 Å². The molecule has 98 valence electrons. The van der Waals surface area contributed by atoms with E-state index >= 15 is 0 Å².